The van der Waals surface area contributed by atoms with Crippen LogP contribution in [-0.2, 0) is 4.87 Å². The molecule has 2 N–H and O–H groups in total. The lowest BCUT2D eigenvalue weighted by molar-refractivity contribution is 0.572. The smallest absolute Gasteiger partial charge is 0.230 e. The number of aromatic nitrogens is 2. The molecule has 0 saturated heterocycles. The van der Waals surface area contributed by atoms with E-state index in [1.807, 2.05) is 37.3 Å². The van der Waals surface area contributed by atoms with E-state index in [1.165, 1.54) is 23.1 Å². The molecule has 3 aromatic rings. The van der Waals surface area contributed by atoms with E-state index in [0.717, 1.165) is 28.8 Å². The molecule has 4 rings (SSSR count). The second kappa shape index (κ2) is 8.11. The van der Waals surface area contributed by atoms with Crippen molar-refractivity contribution < 1.29 is 8.78 Å². The monoisotopic (exact) mass is 444 g/mol. The van der Waals surface area contributed by atoms with Crippen molar-refractivity contribution in [3.63, 3.8) is 0 Å². The molecule has 1 aliphatic rings. The Balaban J connectivity index is 1.89. The number of nitrogens with zero attached hydrogens (tertiary/aromatic N) is 4. The highest BCUT2D eigenvalue weighted by molar-refractivity contribution is 8.15. The molecule has 2 aromatic carbocycles. The van der Waals surface area contributed by atoms with Crippen molar-refractivity contribution in [1.29, 1.82) is 5.41 Å². The summed E-state index contributed by atoms with van der Waals surface area (Å²) in [4.78, 5) is -0.871. The Morgan fingerprint density at radius 1 is 1.17 bits per heavy atom. The first-order valence-corrected chi connectivity index (χ1v) is 10.7. The number of thioether (sulfide) groups is 1. The van der Waals surface area contributed by atoms with Crippen LogP contribution in [0.15, 0.2) is 53.6 Å². The quantitative estimate of drug-likeness (QED) is 0.448. The minimum absolute atomic E-state index is 0.0793. The Bertz CT molecular complexity index is 1120. The molecule has 1 unspecified atom stereocenters. The van der Waals surface area contributed by atoms with Gasteiger partial charge in [-0.3, -0.25) is 5.41 Å². The van der Waals surface area contributed by atoms with Gasteiger partial charge in [0.15, 0.2) is 4.87 Å². The lowest BCUT2D eigenvalue weighted by Gasteiger charge is -2.35. The van der Waals surface area contributed by atoms with Gasteiger partial charge in [0, 0.05) is 5.56 Å². The Hall–Kier alpha value is -2.85. The summed E-state index contributed by atoms with van der Waals surface area (Å²) in [5.41, 5.74) is 0.961. The van der Waals surface area contributed by atoms with Gasteiger partial charge in [-0.25, -0.2) is 13.8 Å². The summed E-state index contributed by atoms with van der Waals surface area (Å²) in [6.07, 6.45) is 0. The molecule has 1 atom stereocenters. The van der Waals surface area contributed by atoms with Crippen LogP contribution >= 0.6 is 23.1 Å². The molecule has 0 fully saturated rings. The summed E-state index contributed by atoms with van der Waals surface area (Å²) in [5, 5.41) is 27.2. The third-order valence-corrected chi connectivity index (χ3v) is 6.67. The fraction of sp³-hybridized carbons (Fsp3) is 0.200. The van der Waals surface area contributed by atoms with Crippen molar-refractivity contribution >= 4 is 39.1 Å². The average molecular weight is 445 g/mol. The molecule has 6 nitrogen and oxygen atoms in total. The molecule has 1 aromatic heterocycles. The van der Waals surface area contributed by atoms with E-state index >= 15 is 0 Å². The zero-order valence-corrected chi connectivity index (χ0v) is 17.8. The van der Waals surface area contributed by atoms with Crippen LogP contribution < -0.4 is 10.3 Å². The Kier molecular flexibility index (Phi) is 5.52. The van der Waals surface area contributed by atoms with E-state index in [-0.39, 0.29) is 11.4 Å². The summed E-state index contributed by atoms with van der Waals surface area (Å²) in [5.74, 6) is -0.820. The molecule has 0 bridgehead atoms. The Morgan fingerprint density at radius 2 is 1.93 bits per heavy atom. The minimum Gasteiger partial charge on any atom is -0.371 e. The minimum atomic E-state index is -0.871. The number of benzene rings is 2. The maximum absolute atomic E-state index is 14.6. The SMILES string of the molecule is CC(=N)NCC1(c2ccccc2)SC(c2cc(F)ccc2F)=NN1c1nnc(C)s1. The molecule has 154 valence electrons. The van der Waals surface area contributed by atoms with Gasteiger partial charge < -0.3 is 5.32 Å². The standard InChI is InChI=1S/C20H18F2N6S2/c1-12(23)24-11-20(14-6-4-3-5-7-14)28(19-26-25-13(2)29-19)27-18(30-20)16-10-15(21)8-9-17(16)22/h3-10H,11H2,1-2H3,(H2,23,24). The highest BCUT2D eigenvalue weighted by Gasteiger charge is 2.48. The van der Waals surface area contributed by atoms with Crippen molar-refractivity contribution in [1.82, 2.24) is 15.5 Å². The molecule has 0 spiro atoms. The van der Waals surface area contributed by atoms with Gasteiger partial charge in [-0.15, -0.1) is 10.2 Å². The van der Waals surface area contributed by atoms with Crippen molar-refractivity contribution in [3.8, 4) is 0 Å². The van der Waals surface area contributed by atoms with Gasteiger partial charge >= 0.3 is 0 Å². The second-order valence-electron chi connectivity index (χ2n) is 6.68. The molecule has 2 heterocycles. The largest absolute Gasteiger partial charge is 0.371 e. The maximum Gasteiger partial charge on any atom is 0.230 e. The van der Waals surface area contributed by atoms with Gasteiger partial charge in [0.2, 0.25) is 5.13 Å². The third kappa shape index (κ3) is 3.80. The van der Waals surface area contributed by atoms with E-state index in [2.05, 4.69) is 20.6 Å². The zero-order valence-electron chi connectivity index (χ0n) is 16.2. The first-order valence-electron chi connectivity index (χ1n) is 9.07. The summed E-state index contributed by atoms with van der Waals surface area (Å²) in [6, 6.07) is 12.9. The van der Waals surface area contributed by atoms with Crippen LogP contribution in [0.25, 0.3) is 0 Å². The van der Waals surface area contributed by atoms with Crippen LogP contribution in [0.2, 0.25) is 0 Å². The van der Waals surface area contributed by atoms with Gasteiger partial charge in [-0.1, -0.05) is 53.4 Å². The summed E-state index contributed by atoms with van der Waals surface area (Å²) < 4.78 is 28.5. The summed E-state index contributed by atoms with van der Waals surface area (Å²) in [6.45, 7) is 3.77. The topological polar surface area (TPSA) is 77.3 Å². The molecular formula is C20H18F2N6S2. The Labute approximate surface area is 180 Å². The zero-order chi connectivity index (χ0) is 21.3. The number of hydrogen-bond acceptors (Lipinski definition) is 7. The van der Waals surface area contributed by atoms with E-state index < -0.39 is 16.5 Å². The number of aryl methyl sites for hydroxylation is 1. The van der Waals surface area contributed by atoms with Crippen molar-refractivity contribution in [3.05, 3.63) is 76.3 Å². The van der Waals surface area contributed by atoms with Crippen LogP contribution in [0.5, 0.6) is 0 Å². The van der Waals surface area contributed by atoms with Gasteiger partial charge in [0.1, 0.15) is 21.7 Å². The van der Waals surface area contributed by atoms with Gasteiger partial charge in [-0.2, -0.15) is 5.10 Å². The van der Waals surface area contributed by atoms with E-state index in [4.69, 9.17) is 5.41 Å². The first kappa shape index (κ1) is 20.4. The third-order valence-electron chi connectivity index (χ3n) is 4.47. The molecule has 0 saturated carbocycles. The fourth-order valence-corrected chi connectivity index (χ4v) is 5.17. The number of rotatable bonds is 5. The molecule has 0 amide bonds. The number of hydrogen-bond donors (Lipinski definition) is 2. The normalized spacial score (nSPS) is 18.4. The molecule has 1 aliphatic heterocycles. The molecule has 0 radical (unpaired) electrons. The molecule has 0 aliphatic carbocycles. The van der Waals surface area contributed by atoms with Crippen LogP contribution in [0.3, 0.4) is 0 Å². The van der Waals surface area contributed by atoms with Gasteiger partial charge in [-0.05, 0) is 37.6 Å². The maximum atomic E-state index is 14.6. The van der Waals surface area contributed by atoms with Crippen molar-refractivity contribution in [2.45, 2.75) is 18.7 Å². The van der Waals surface area contributed by atoms with Gasteiger partial charge in [0.05, 0.1) is 12.4 Å². The Morgan fingerprint density at radius 3 is 2.60 bits per heavy atom. The first-order chi connectivity index (χ1) is 14.4. The number of amidine groups is 1. The number of nitrogens with one attached hydrogen (secondary N) is 2. The molecule has 30 heavy (non-hydrogen) atoms. The van der Waals surface area contributed by atoms with Crippen molar-refractivity contribution in [2.24, 2.45) is 5.10 Å². The lowest BCUT2D eigenvalue weighted by Crippen LogP contribution is -2.47. The van der Waals surface area contributed by atoms with Crippen LogP contribution in [0.1, 0.15) is 23.1 Å². The van der Waals surface area contributed by atoms with E-state index in [0.29, 0.717) is 16.7 Å². The van der Waals surface area contributed by atoms with E-state index in [9.17, 15) is 8.78 Å². The molecular weight excluding hydrogens is 426 g/mol. The summed E-state index contributed by atoms with van der Waals surface area (Å²) in [7, 11) is 0. The molecule has 10 heteroatoms. The van der Waals surface area contributed by atoms with Gasteiger partial charge in [0.25, 0.3) is 0 Å². The summed E-state index contributed by atoms with van der Waals surface area (Å²) >= 11 is 2.65. The highest BCUT2D eigenvalue weighted by Crippen LogP contribution is 2.49. The average Bonchev–Trinajstić information content (AvgIpc) is 3.33. The van der Waals surface area contributed by atoms with Crippen LogP contribution in [-0.4, -0.2) is 27.6 Å². The lowest BCUT2D eigenvalue weighted by atomic mass is 10.1. The number of hydrazone groups is 1. The highest BCUT2D eigenvalue weighted by atomic mass is 32.2. The van der Waals surface area contributed by atoms with Crippen molar-refractivity contribution in [2.75, 3.05) is 11.6 Å². The number of anilines is 1. The van der Waals surface area contributed by atoms with E-state index in [1.54, 1.807) is 11.9 Å². The number of halogens is 2. The predicted octanol–water partition coefficient (Wildman–Crippen LogP) is 4.48. The fourth-order valence-electron chi connectivity index (χ4n) is 3.08. The second-order valence-corrected chi connectivity index (χ2v) is 9.10. The van der Waals surface area contributed by atoms with Crippen LogP contribution in [0.4, 0.5) is 13.9 Å². The predicted molar refractivity (Wildman–Crippen MR) is 117 cm³/mol. The van der Waals surface area contributed by atoms with Crippen LogP contribution in [0, 0.1) is 24.0 Å².